The highest BCUT2D eigenvalue weighted by Crippen LogP contribution is 2.46. The Morgan fingerprint density at radius 3 is 2.42 bits per heavy atom. The van der Waals surface area contributed by atoms with E-state index >= 15 is 0 Å². The molecule has 36 heavy (non-hydrogen) atoms. The Morgan fingerprint density at radius 2 is 1.89 bits per heavy atom. The fourth-order valence-electron chi connectivity index (χ4n) is 4.93. The van der Waals surface area contributed by atoms with Crippen LogP contribution in [0.2, 0.25) is 0 Å². The summed E-state index contributed by atoms with van der Waals surface area (Å²) in [6.45, 7) is 8.69. The van der Waals surface area contributed by atoms with Gasteiger partial charge in [-0.05, 0) is 46.5 Å². The van der Waals surface area contributed by atoms with Crippen LogP contribution in [0.5, 0.6) is 0 Å². The lowest BCUT2D eigenvalue weighted by Crippen LogP contribution is -2.56. The van der Waals surface area contributed by atoms with Crippen LogP contribution in [0.1, 0.15) is 52.9 Å². The molecule has 1 saturated heterocycles. The van der Waals surface area contributed by atoms with Gasteiger partial charge >= 0.3 is 6.09 Å². The molecule has 3 N–H and O–H groups in total. The largest absolute Gasteiger partial charge is 0.444 e. The molecule has 1 aliphatic heterocycles. The van der Waals surface area contributed by atoms with E-state index in [0.717, 1.165) is 0 Å². The van der Waals surface area contributed by atoms with E-state index in [2.05, 4.69) is 16.6 Å². The molecule has 0 radical (unpaired) electrons. The summed E-state index contributed by atoms with van der Waals surface area (Å²) in [6.07, 6.45) is 9.85. The molecule has 0 aromatic heterocycles. The zero-order valence-corrected chi connectivity index (χ0v) is 21.7. The predicted octanol–water partition coefficient (Wildman–Crippen LogP) is 1.53. The maximum absolute atomic E-state index is 13.6. The SMILES string of the molecule is C=C[C@@H]1C[C@]1(NC(=O)[C@@H]1C[C@@](O)(C2C=CC=CC2)CN1C(=O)OC(C)(C)C)C(=O)NS(=O)(=O)C1CC1. The summed E-state index contributed by atoms with van der Waals surface area (Å²) in [5.41, 5.74) is -3.68. The molecular formula is C25H35N3O7S. The number of allylic oxidation sites excluding steroid dienone is 3. The van der Waals surface area contributed by atoms with Gasteiger partial charge in [-0.1, -0.05) is 30.4 Å². The van der Waals surface area contributed by atoms with Crippen LogP contribution in [0.3, 0.4) is 0 Å². The summed E-state index contributed by atoms with van der Waals surface area (Å²) >= 11 is 0. The average Bonchev–Trinajstić information content (AvgIpc) is 3.70. The molecule has 1 unspecified atom stereocenters. The van der Waals surface area contributed by atoms with Crippen molar-refractivity contribution in [3.8, 4) is 0 Å². The summed E-state index contributed by atoms with van der Waals surface area (Å²) in [4.78, 5) is 40.9. The number of β-amino-alcohol motifs (C(OH)–C–C–N with tert-alkyl or cyclic N) is 1. The molecule has 0 aromatic carbocycles. The van der Waals surface area contributed by atoms with Crippen molar-refractivity contribution in [1.82, 2.24) is 14.9 Å². The first-order chi connectivity index (χ1) is 16.7. The molecule has 0 aromatic rings. The molecule has 0 bridgehead atoms. The van der Waals surface area contributed by atoms with E-state index in [-0.39, 0.29) is 25.3 Å². The molecule has 5 atom stereocenters. The lowest BCUT2D eigenvalue weighted by atomic mass is 9.81. The van der Waals surface area contributed by atoms with Crippen molar-refractivity contribution in [3.63, 3.8) is 0 Å². The summed E-state index contributed by atoms with van der Waals surface area (Å²) in [5.74, 6) is -2.24. The Hall–Kier alpha value is -2.66. The lowest BCUT2D eigenvalue weighted by molar-refractivity contribution is -0.131. The first-order valence-corrected chi connectivity index (χ1v) is 13.8. The van der Waals surface area contributed by atoms with Crippen molar-refractivity contribution in [2.24, 2.45) is 11.8 Å². The number of hydrogen-bond donors (Lipinski definition) is 3. The van der Waals surface area contributed by atoms with Gasteiger partial charge in [-0.25, -0.2) is 13.2 Å². The minimum Gasteiger partial charge on any atom is -0.444 e. The Morgan fingerprint density at radius 1 is 1.19 bits per heavy atom. The summed E-state index contributed by atoms with van der Waals surface area (Å²) in [7, 11) is -3.82. The van der Waals surface area contributed by atoms with Gasteiger partial charge < -0.3 is 15.2 Å². The van der Waals surface area contributed by atoms with Crippen LogP contribution in [-0.4, -0.2) is 70.9 Å². The number of nitrogens with one attached hydrogen (secondary N) is 2. The van der Waals surface area contributed by atoms with Gasteiger partial charge in [-0.3, -0.25) is 19.2 Å². The number of likely N-dealkylation sites (tertiary alicyclic amines) is 1. The molecular weight excluding hydrogens is 486 g/mol. The van der Waals surface area contributed by atoms with Gasteiger partial charge in [0.05, 0.1) is 17.4 Å². The number of ether oxygens (including phenoxy) is 1. The summed E-state index contributed by atoms with van der Waals surface area (Å²) in [5, 5.41) is 13.6. The smallest absolute Gasteiger partial charge is 0.411 e. The highest BCUT2D eigenvalue weighted by atomic mass is 32.2. The van der Waals surface area contributed by atoms with Crippen LogP contribution in [0, 0.1) is 11.8 Å². The third kappa shape index (κ3) is 5.22. The maximum Gasteiger partial charge on any atom is 0.411 e. The number of amides is 3. The monoisotopic (exact) mass is 521 g/mol. The van der Waals surface area contributed by atoms with Crippen LogP contribution in [0.15, 0.2) is 37.0 Å². The molecule has 4 rings (SSSR count). The van der Waals surface area contributed by atoms with Crippen molar-refractivity contribution in [3.05, 3.63) is 37.0 Å². The Balaban J connectivity index is 1.56. The van der Waals surface area contributed by atoms with Gasteiger partial charge in [-0.15, -0.1) is 6.58 Å². The van der Waals surface area contributed by atoms with Crippen LogP contribution in [0.4, 0.5) is 4.79 Å². The van der Waals surface area contributed by atoms with Crippen LogP contribution in [-0.2, 0) is 24.3 Å². The fourth-order valence-corrected chi connectivity index (χ4v) is 6.29. The molecule has 4 aliphatic rings. The van der Waals surface area contributed by atoms with E-state index in [4.69, 9.17) is 4.74 Å². The zero-order valence-electron chi connectivity index (χ0n) is 20.9. The third-order valence-electron chi connectivity index (χ3n) is 7.22. The molecule has 198 valence electrons. The zero-order chi connectivity index (χ0) is 26.5. The standard InChI is InChI=1S/C25H35N3O7S/c1-5-16-13-25(16,21(30)27-36(33,34)18-11-12-18)26-20(29)19-14-24(32,17-9-7-6-8-10-17)15-28(19)22(31)35-23(2,3)4/h5-9,16-19,32H,1,10-15H2,2-4H3,(H,26,29)(H,27,30)/t16-,17?,19+,24+,25-/m1/s1. The third-order valence-corrected chi connectivity index (χ3v) is 9.04. The highest BCUT2D eigenvalue weighted by molar-refractivity contribution is 7.91. The minimum absolute atomic E-state index is 0.0578. The van der Waals surface area contributed by atoms with Crippen LogP contribution < -0.4 is 10.0 Å². The molecule has 10 nitrogen and oxygen atoms in total. The van der Waals surface area contributed by atoms with Gasteiger partial charge in [0.25, 0.3) is 5.91 Å². The summed E-state index contributed by atoms with van der Waals surface area (Å²) in [6, 6.07) is -1.11. The van der Waals surface area contributed by atoms with Gasteiger partial charge in [0.1, 0.15) is 17.2 Å². The number of aliphatic hydroxyl groups is 1. The predicted molar refractivity (Wildman–Crippen MR) is 132 cm³/mol. The van der Waals surface area contributed by atoms with Gasteiger partial charge in [0.2, 0.25) is 15.9 Å². The Bertz CT molecular complexity index is 1120. The fraction of sp³-hybridized carbons (Fsp3) is 0.640. The number of nitrogens with zero attached hydrogens (tertiary/aromatic N) is 1. The second kappa shape index (κ2) is 9.02. The molecule has 3 aliphatic carbocycles. The quantitative estimate of drug-likeness (QED) is 0.431. The maximum atomic E-state index is 13.6. The van der Waals surface area contributed by atoms with Crippen molar-refractivity contribution in [2.45, 2.75) is 80.9 Å². The number of hydrogen-bond acceptors (Lipinski definition) is 7. The number of carbonyl (C=O) groups excluding carboxylic acids is 3. The number of rotatable bonds is 7. The van der Waals surface area contributed by atoms with Gasteiger partial charge in [0, 0.05) is 18.3 Å². The van der Waals surface area contributed by atoms with E-state index in [1.807, 2.05) is 24.3 Å². The topological polar surface area (TPSA) is 142 Å². The van der Waals surface area contributed by atoms with Crippen molar-refractivity contribution >= 4 is 27.9 Å². The van der Waals surface area contributed by atoms with E-state index in [0.29, 0.717) is 19.3 Å². The van der Waals surface area contributed by atoms with Crippen molar-refractivity contribution < 1.29 is 32.6 Å². The van der Waals surface area contributed by atoms with E-state index in [9.17, 15) is 27.9 Å². The molecule has 3 fully saturated rings. The number of sulfonamides is 1. The number of carbonyl (C=O) groups is 3. The molecule has 0 spiro atoms. The van der Waals surface area contributed by atoms with Crippen molar-refractivity contribution in [2.75, 3.05) is 6.54 Å². The molecule has 3 amide bonds. The summed E-state index contributed by atoms with van der Waals surface area (Å²) < 4.78 is 32.3. The van der Waals surface area contributed by atoms with E-state index < -0.39 is 61.9 Å². The van der Waals surface area contributed by atoms with Crippen molar-refractivity contribution in [1.29, 1.82) is 0 Å². The lowest BCUT2D eigenvalue weighted by Gasteiger charge is -2.31. The Labute approximate surface area is 211 Å². The van der Waals surface area contributed by atoms with Gasteiger partial charge in [0.15, 0.2) is 0 Å². The minimum atomic E-state index is -3.82. The molecule has 2 saturated carbocycles. The first kappa shape index (κ1) is 26.4. The Kier molecular flexibility index (Phi) is 6.62. The van der Waals surface area contributed by atoms with E-state index in [1.54, 1.807) is 20.8 Å². The molecule has 11 heteroatoms. The van der Waals surface area contributed by atoms with Crippen LogP contribution >= 0.6 is 0 Å². The second-order valence-corrected chi connectivity index (χ2v) is 13.2. The second-order valence-electron chi connectivity index (χ2n) is 11.3. The van der Waals surface area contributed by atoms with Gasteiger partial charge in [-0.2, -0.15) is 0 Å². The average molecular weight is 522 g/mol. The normalized spacial score (nSPS) is 33.7. The van der Waals surface area contributed by atoms with E-state index in [1.165, 1.54) is 11.0 Å². The highest BCUT2D eigenvalue weighted by Gasteiger charge is 2.62. The first-order valence-electron chi connectivity index (χ1n) is 12.3. The molecule has 1 heterocycles. The van der Waals surface area contributed by atoms with Crippen LogP contribution in [0.25, 0.3) is 0 Å².